The van der Waals surface area contributed by atoms with Crippen molar-refractivity contribution in [3.8, 4) is 0 Å². The molecule has 18 heavy (non-hydrogen) atoms. The number of rotatable bonds is 12. The summed E-state index contributed by atoms with van der Waals surface area (Å²) in [6.45, 7) is 4.96. The average Bonchev–Trinajstić information content (AvgIpc) is 2.89. The number of furan rings is 1. The second-order valence-corrected chi connectivity index (χ2v) is 3.80. The van der Waals surface area contributed by atoms with Crippen LogP contribution in [0.25, 0.3) is 0 Å². The van der Waals surface area contributed by atoms with Crippen LogP contribution >= 0.6 is 0 Å². The maximum Gasteiger partial charge on any atom is 0.105 e. The van der Waals surface area contributed by atoms with E-state index < -0.39 is 0 Å². The van der Waals surface area contributed by atoms with Crippen molar-refractivity contribution in [2.75, 3.05) is 53.2 Å². The summed E-state index contributed by atoms with van der Waals surface area (Å²) in [5.41, 5.74) is 0. The highest BCUT2D eigenvalue weighted by molar-refractivity contribution is 4.98. The van der Waals surface area contributed by atoms with Crippen molar-refractivity contribution in [2.45, 2.75) is 6.42 Å². The van der Waals surface area contributed by atoms with E-state index in [2.05, 4.69) is 5.32 Å². The molecule has 0 atom stereocenters. The van der Waals surface area contributed by atoms with Crippen LogP contribution in [0.15, 0.2) is 22.8 Å². The van der Waals surface area contributed by atoms with Crippen molar-refractivity contribution >= 4 is 0 Å². The Morgan fingerprint density at radius 1 is 1.06 bits per heavy atom. The second kappa shape index (κ2) is 11.2. The normalized spacial score (nSPS) is 10.9. The van der Waals surface area contributed by atoms with Crippen molar-refractivity contribution < 1.29 is 18.6 Å². The summed E-state index contributed by atoms with van der Waals surface area (Å²) >= 11 is 0. The summed E-state index contributed by atoms with van der Waals surface area (Å²) < 4.78 is 20.8. The van der Waals surface area contributed by atoms with Crippen LogP contribution in [-0.2, 0) is 20.6 Å². The Hall–Kier alpha value is -0.880. The predicted molar refractivity (Wildman–Crippen MR) is 68.8 cm³/mol. The first-order chi connectivity index (χ1) is 8.93. The molecule has 0 saturated heterocycles. The molecule has 1 aromatic rings. The highest BCUT2D eigenvalue weighted by atomic mass is 16.5. The van der Waals surface area contributed by atoms with E-state index >= 15 is 0 Å². The van der Waals surface area contributed by atoms with Crippen LogP contribution in [0.3, 0.4) is 0 Å². The third-order valence-electron chi connectivity index (χ3n) is 2.36. The molecule has 0 unspecified atom stereocenters. The van der Waals surface area contributed by atoms with Gasteiger partial charge in [-0.05, 0) is 12.1 Å². The quantitative estimate of drug-likeness (QED) is 0.568. The van der Waals surface area contributed by atoms with Crippen LogP contribution in [0.4, 0.5) is 0 Å². The van der Waals surface area contributed by atoms with Crippen molar-refractivity contribution in [3.63, 3.8) is 0 Å². The fourth-order valence-electron chi connectivity index (χ4n) is 1.40. The van der Waals surface area contributed by atoms with Gasteiger partial charge >= 0.3 is 0 Å². The molecule has 0 fully saturated rings. The molecule has 0 aromatic carbocycles. The average molecular weight is 257 g/mol. The molecule has 1 rings (SSSR count). The number of nitrogens with one attached hydrogen (secondary N) is 1. The molecular formula is C13H23NO4. The molecule has 0 aliphatic carbocycles. The van der Waals surface area contributed by atoms with Gasteiger partial charge in [0.25, 0.3) is 0 Å². The highest BCUT2D eigenvalue weighted by Crippen LogP contribution is 1.99. The Morgan fingerprint density at radius 2 is 1.83 bits per heavy atom. The largest absolute Gasteiger partial charge is 0.469 e. The van der Waals surface area contributed by atoms with Crippen LogP contribution in [0.2, 0.25) is 0 Å². The molecule has 5 heteroatoms. The topological polar surface area (TPSA) is 52.9 Å². The van der Waals surface area contributed by atoms with Gasteiger partial charge in [-0.2, -0.15) is 0 Å². The predicted octanol–water partition coefficient (Wildman–Crippen LogP) is 1.09. The molecule has 0 amide bonds. The SMILES string of the molecule is COCCOCCOCCNCCc1ccco1. The molecular weight excluding hydrogens is 234 g/mol. The molecule has 0 saturated carbocycles. The minimum absolute atomic E-state index is 0.621. The van der Waals surface area contributed by atoms with Gasteiger partial charge in [-0.25, -0.2) is 0 Å². The molecule has 0 radical (unpaired) electrons. The fraction of sp³-hybridized carbons (Fsp3) is 0.692. The van der Waals surface area contributed by atoms with E-state index in [9.17, 15) is 0 Å². The first-order valence-corrected chi connectivity index (χ1v) is 6.31. The summed E-state index contributed by atoms with van der Waals surface area (Å²) in [5.74, 6) is 1.01. The van der Waals surface area contributed by atoms with Crippen molar-refractivity contribution in [1.29, 1.82) is 0 Å². The van der Waals surface area contributed by atoms with E-state index in [1.165, 1.54) is 0 Å². The number of ether oxygens (including phenoxy) is 3. The van der Waals surface area contributed by atoms with E-state index in [1.807, 2.05) is 12.1 Å². The molecule has 0 aliphatic rings. The standard InChI is InChI=1S/C13H23NO4/c1-15-9-10-17-12-11-16-8-6-14-5-4-13-3-2-7-18-13/h2-3,7,14H,4-6,8-12H2,1H3. The highest BCUT2D eigenvalue weighted by Gasteiger charge is 1.95. The van der Waals surface area contributed by atoms with E-state index in [-0.39, 0.29) is 0 Å². The molecule has 0 spiro atoms. The first-order valence-electron chi connectivity index (χ1n) is 6.31. The van der Waals surface area contributed by atoms with Gasteiger partial charge in [-0.3, -0.25) is 0 Å². The summed E-state index contributed by atoms with van der Waals surface area (Å²) in [6.07, 6.45) is 2.61. The lowest BCUT2D eigenvalue weighted by Crippen LogP contribution is -2.23. The minimum atomic E-state index is 0.621. The van der Waals surface area contributed by atoms with Gasteiger partial charge in [0.1, 0.15) is 5.76 Å². The Labute approximate surface area is 108 Å². The summed E-state index contributed by atoms with van der Waals surface area (Å²) in [7, 11) is 1.66. The van der Waals surface area contributed by atoms with Gasteiger partial charge < -0.3 is 23.9 Å². The molecule has 5 nitrogen and oxygen atoms in total. The van der Waals surface area contributed by atoms with Gasteiger partial charge in [0, 0.05) is 26.6 Å². The summed E-state index contributed by atoms with van der Waals surface area (Å²) in [4.78, 5) is 0. The lowest BCUT2D eigenvalue weighted by atomic mass is 10.3. The lowest BCUT2D eigenvalue weighted by Gasteiger charge is -2.06. The van der Waals surface area contributed by atoms with Crippen molar-refractivity contribution in [3.05, 3.63) is 24.2 Å². The zero-order valence-electron chi connectivity index (χ0n) is 11.0. The van der Waals surface area contributed by atoms with Gasteiger partial charge in [0.15, 0.2) is 0 Å². The van der Waals surface area contributed by atoms with E-state index in [0.717, 1.165) is 25.3 Å². The molecule has 1 heterocycles. The first kappa shape index (κ1) is 15.2. The van der Waals surface area contributed by atoms with E-state index in [4.69, 9.17) is 18.6 Å². The van der Waals surface area contributed by atoms with Gasteiger partial charge in [0.2, 0.25) is 0 Å². The lowest BCUT2D eigenvalue weighted by molar-refractivity contribution is 0.0256. The number of methoxy groups -OCH3 is 1. The molecule has 1 N–H and O–H groups in total. The third-order valence-corrected chi connectivity index (χ3v) is 2.36. The van der Waals surface area contributed by atoms with E-state index in [0.29, 0.717) is 33.0 Å². The smallest absolute Gasteiger partial charge is 0.105 e. The van der Waals surface area contributed by atoms with E-state index in [1.54, 1.807) is 13.4 Å². The molecule has 0 aliphatic heterocycles. The van der Waals surface area contributed by atoms with Crippen molar-refractivity contribution in [2.24, 2.45) is 0 Å². The van der Waals surface area contributed by atoms with Crippen LogP contribution < -0.4 is 5.32 Å². The molecule has 1 aromatic heterocycles. The Bertz CT molecular complexity index is 264. The maximum absolute atomic E-state index is 5.40. The van der Waals surface area contributed by atoms with Crippen LogP contribution in [0.1, 0.15) is 5.76 Å². The fourth-order valence-corrected chi connectivity index (χ4v) is 1.40. The van der Waals surface area contributed by atoms with Crippen LogP contribution in [0.5, 0.6) is 0 Å². The zero-order valence-corrected chi connectivity index (χ0v) is 11.0. The Balaban J connectivity index is 1.73. The van der Waals surface area contributed by atoms with Gasteiger partial charge in [-0.15, -0.1) is 0 Å². The van der Waals surface area contributed by atoms with Crippen LogP contribution in [-0.4, -0.2) is 53.2 Å². The van der Waals surface area contributed by atoms with Crippen molar-refractivity contribution in [1.82, 2.24) is 5.32 Å². The number of hydrogen-bond acceptors (Lipinski definition) is 5. The molecule has 0 bridgehead atoms. The Kier molecular flexibility index (Phi) is 9.46. The zero-order chi connectivity index (χ0) is 12.9. The molecule has 104 valence electrons. The van der Waals surface area contributed by atoms with Gasteiger partial charge in [-0.1, -0.05) is 0 Å². The summed E-state index contributed by atoms with van der Waals surface area (Å²) in [5, 5.41) is 3.29. The third kappa shape index (κ3) is 8.25. The van der Waals surface area contributed by atoms with Crippen LogP contribution in [0, 0.1) is 0 Å². The minimum Gasteiger partial charge on any atom is -0.469 e. The maximum atomic E-state index is 5.40. The monoisotopic (exact) mass is 257 g/mol. The second-order valence-electron chi connectivity index (χ2n) is 3.80. The number of hydrogen-bond donors (Lipinski definition) is 1. The van der Waals surface area contributed by atoms with Gasteiger partial charge in [0.05, 0.1) is 39.3 Å². The summed E-state index contributed by atoms with van der Waals surface area (Å²) in [6, 6.07) is 3.89. The Morgan fingerprint density at radius 3 is 2.56 bits per heavy atom.